The van der Waals surface area contributed by atoms with Gasteiger partial charge in [0.15, 0.2) is 10.8 Å². The molecule has 0 amide bonds. The largest absolute Gasteiger partial charge is 0.352 e. The molecule has 7 nitrogen and oxygen atoms in total. The molecule has 4 rings (SSSR count). The van der Waals surface area contributed by atoms with E-state index in [1.165, 1.54) is 0 Å². The second-order valence-corrected chi connectivity index (χ2v) is 5.95. The zero-order valence-corrected chi connectivity index (χ0v) is 12.6. The maximum Gasteiger partial charge on any atom is 0.226 e. The Kier molecular flexibility index (Phi) is 3.12. The normalized spacial score (nSPS) is 15.9. The molecule has 108 valence electrons. The van der Waals surface area contributed by atoms with E-state index in [0.29, 0.717) is 5.65 Å². The summed E-state index contributed by atoms with van der Waals surface area (Å²) in [6.45, 7) is 3.56. The molecule has 0 bridgehead atoms. The van der Waals surface area contributed by atoms with Crippen molar-refractivity contribution in [3.63, 3.8) is 0 Å². The fourth-order valence-electron chi connectivity index (χ4n) is 2.52. The molecule has 1 fully saturated rings. The first kappa shape index (κ1) is 12.8. The second-order valence-electron chi connectivity index (χ2n) is 4.74. The lowest BCUT2D eigenvalue weighted by molar-refractivity contribution is 0.647. The van der Waals surface area contributed by atoms with E-state index in [1.807, 2.05) is 11.6 Å². The highest BCUT2D eigenvalue weighted by molar-refractivity contribution is 7.13. The molecule has 0 radical (unpaired) electrons. The standard InChI is InChI=1S/C12H12ClN7S/c13-11-16-9-8(7-15-18-9)10(17-11)19-2-4-20(5-3-19)12-14-1-6-21-12/h1,6-7H,2-5H2,(H,15,16,17,18). The van der Waals surface area contributed by atoms with E-state index in [1.54, 1.807) is 17.5 Å². The van der Waals surface area contributed by atoms with Crippen LogP contribution >= 0.6 is 22.9 Å². The lowest BCUT2D eigenvalue weighted by Crippen LogP contribution is -2.46. The van der Waals surface area contributed by atoms with Gasteiger partial charge in [-0.15, -0.1) is 11.3 Å². The third kappa shape index (κ3) is 2.30. The Morgan fingerprint density at radius 1 is 1.14 bits per heavy atom. The predicted octanol–water partition coefficient (Wildman–Crippen LogP) is 1.79. The smallest absolute Gasteiger partial charge is 0.226 e. The van der Waals surface area contributed by atoms with E-state index < -0.39 is 0 Å². The maximum atomic E-state index is 5.99. The number of rotatable bonds is 2. The molecule has 1 aliphatic rings. The van der Waals surface area contributed by atoms with Crippen LogP contribution in [0.1, 0.15) is 0 Å². The molecule has 0 aliphatic carbocycles. The van der Waals surface area contributed by atoms with Gasteiger partial charge in [-0.25, -0.2) is 4.98 Å². The van der Waals surface area contributed by atoms with Crippen LogP contribution in [0.2, 0.25) is 5.28 Å². The van der Waals surface area contributed by atoms with Gasteiger partial charge in [-0.05, 0) is 11.6 Å². The van der Waals surface area contributed by atoms with Crippen LogP contribution in [0, 0.1) is 0 Å². The number of fused-ring (bicyclic) bond motifs is 1. The summed E-state index contributed by atoms with van der Waals surface area (Å²) in [6, 6.07) is 0. The van der Waals surface area contributed by atoms with E-state index in [0.717, 1.165) is 42.5 Å². The number of anilines is 2. The fourth-order valence-corrected chi connectivity index (χ4v) is 3.38. The van der Waals surface area contributed by atoms with Crippen molar-refractivity contribution in [2.24, 2.45) is 0 Å². The predicted molar refractivity (Wildman–Crippen MR) is 83.2 cm³/mol. The van der Waals surface area contributed by atoms with Gasteiger partial charge in [-0.1, -0.05) is 0 Å². The van der Waals surface area contributed by atoms with Gasteiger partial charge in [0.25, 0.3) is 0 Å². The summed E-state index contributed by atoms with van der Waals surface area (Å²) in [6.07, 6.45) is 3.58. The maximum absolute atomic E-state index is 5.99. The van der Waals surface area contributed by atoms with Gasteiger partial charge >= 0.3 is 0 Å². The summed E-state index contributed by atoms with van der Waals surface area (Å²) >= 11 is 7.66. The number of nitrogens with zero attached hydrogens (tertiary/aromatic N) is 6. The molecule has 1 N–H and O–H groups in total. The number of nitrogens with one attached hydrogen (secondary N) is 1. The average molecular weight is 322 g/mol. The van der Waals surface area contributed by atoms with Crippen molar-refractivity contribution in [1.29, 1.82) is 0 Å². The van der Waals surface area contributed by atoms with Crippen molar-refractivity contribution in [3.05, 3.63) is 23.1 Å². The van der Waals surface area contributed by atoms with E-state index >= 15 is 0 Å². The molecule has 3 aromatic rings. The summed E-state index contributed by atoms with van der Waals surface area (Å²) in [5.41, 5.74) is 0.673. The fraction of sp³-hybridized carbons (Fsp3) is 0.333. The SMILES string of the molecule is Clc1nc(N2CCN(c3nccs3)CC2)c2cn[nH]c2n1. The number of thiazole rings is 1. The van der Waals surface area contributed by atoms with Crippen LogP contribution < -0.4 is 9.80 Å². The van der Waals surface area contributed by atoms with Crippen molar-refractivity contribution in [2.45, 2.75) is 0 Å². The Balaban J connectivity index is 1.59. The van der Waals surface area contributed by atoms with Gasteiger partial charge in [0.2, 0.25) is 5.28 Å². The summed E-state index contributed by atoms with van der Waals surface area (Å²) in [4.78, 5) is 17.4. The summed E-state index contributed by atoms with van der Waals surface area (Å²) in [7, 11) is 0. The third-order valence-corrected chi connectivity index (χ3v) is 4.53. The topological polar surface area (TPSA) is 73.8 Å². The molecule has 1 aliphatic heterocycles. The van der Waals surface area contributed by atoms with E-state index in [4.69, 9.17) is 11.6 Å². The highest BCUT2D eigenvalue weighted by atomic mass is 35.5. The Morgan fingerprint density at radius 2 is 1.95 bits per heavy atom. The Morgan fingerprint density at radius 3 is 2.71 bits per heavy atom. The van der Waals surface area contributed by atoms with Crippen molar-refractivity contribution in [1.82, 2.24) is 25.1 Å². The molecule has 4 heterocycles. The Labute approximate surface area is 129 Å². The number of hydrogen-bond acceptors (Lipinski definition) is 7. The van der Waals surface area contributed by atoms with Crippen LogP contribution in [-0.4, -0.2) is 51.3 Å². The minimum atomic E-state index is 0.240. The van der Waals surface area contributed by atoms with Gasteiger partial charge in [0.05, 0.1) is 11.6 Å². The number of H-pyrrole nitrogens is 1. The first-order valence-electron chi connectivity index (χ1n) is 6.57. The first-order chi connectivity index (χ1) is 10.3. The van der Waals surface area contributed by atoms with Crippen molar-refractivity contribution >= 4 is 44.9 Å². The van der Waals surface area contributed by atoms with Crippen molar-refractivity contribution in [3.8, 4) is 0 Å². The molecule has 0 spiro atoms. The first-order valence-corrected chi connectivity index (χ1v) is 7.83. The molecule has 9 heteroatoms. The van der Waals surface area contributed by atoms with Crippen LogP contribution in [0.25, 0.3) is 11.0 Å². The van der Waals surface area contributed by atoms with Crippen molar-refractivity contribution < 1.29 is 0 Å². The lowest BCUT2D eigenvalue weighted by Gasteiger charge is -2.35. The molecule has 0 atom stereocenters. The second kappa shape index (κ2) is 5.12. The summed E-state index contributed by atoms with van der Waals surface area (Å²) in [5.74, 6) is 0.845. The molecular formula is C12H12ClN7S. The zero-order chi connectivity index (χ0) is 14.2. The van der Waals surface area contributed by atoms with Crippen LogP contribution in [0.3, 0.4) is 0 Å². The molecule has 1 saturated heterocycles. The molecule has 0 saturated carbocycles. The number of aromatic amines is 1. The monoisotopic (exact) mass is 321 g/mol. The summed E-state index contributed by atoms with van der Waals surface area (Å²) < 4.78 is 0. The van der Waals surface area contributed by atoms with Crippen molar-refractivity contribution in [2.75, 3.05) is 36.0 Å². The Hall–Kier alpha value is -1.93. The van der Waals surface area contributed by atoms with Gasteiger partial charge < -0.3 is 9.80 Å². The highest BCUT2D eigenvalue weighted by Crippen LogP contribution is 2.26. The van der Waals surface area contributed by atoms with E-state index in [2.05, 4.69) is 34.9 Å². The number of hydrogen-bond donors (Lipinski definition) is 1. The van der Waals surface area contributed by atoms with Gasteiger partial charge in [0.1, 0.15) is 5.82 Å². The minimum Gasteiger partial charge on any atom is -0.352 e. The van der Waals surface area contributed by atoms with Crippen LogP contribution in [0.4, 0.5) is 10.9 Å². The van der Waals surface area contributed by atoms with Crippen LogP contribution in [-0.2, 0) is 0 Å². The summed E-state index contributed by atoms with van der Waals surface area (Å²) in [5, 5.41) is 11.1. The third-order valence-electron chi connectivity index (χ3n) is 3.53. The number of halogens is 1. The molecule has 0 aromatic carbocycles. The van der Waals surface area contributed by atoms with E-state index in [-0.39, 0.29) is 5.28 Å². The van der Waals surface area contributed by atoms with Gasteiger partial charge in [-0.2, -0.15) is 15.1 Å². The quantitative estimate of drug-likeness (QED) is 0.725. The van der Waals surface area contributed by atoms with Gasteiger partial charge in [0, 0.05) is 37.8 Å². The molecule has 0 unspecified atom stereocenters. The Bertz CT molecular complexity index is 748. The average Bonchev–Trinajstić information content (AvgIpc) is 3.17. The number of piperazine rings is 1. The van der Waals surface area contributed by atoms with Gasteiger partial charge in [-0.3, -0.25) is 5.10 Å². The van der Waals surface area contributed by atoms with E-state index in [9.17, 15) is 0 Å². The number of aromatic nitrogens is 5. The molecule has 21 heavy (non-hydrogen) atoms. The molecule has 3 aromatic heterocycles. The lowest BCUT2D eigenvalue weighted by atomic mass is 10.3. The highest BCUT2D eigenvalue weighted by Gasteiger charge is 2.22. The minimum absolute atomic E-state index is 0.240. The van der Waals surface area contributed by atoms with Crippen LogP contribution in [0.5, 0.6) is 0 Å². The van der Waals surface area contributed by atoms with Crippen LogP contribution in [0.15, 0.2) is 17.8 Å². The zero-order valence-electron chi connectivity index (χ0n) is 11.0. The molecular weight excluding hydrogens is 310 g/mol.